The summed E-state index contributed by atoms with van der Waals surface area (Å²) in [5.41, 5.74) is 0.810. The lowest BCUT2D eigenvalue weighted by Gasteiger charge is -2.19. The van der Waals surface area contributed by atoms with Crippen molar-refractivity contribution >= 4 is 15.8 Å². The summed E-state index contributed by atoms with van der Waals surface area (Å²) in [6.07, 6.45) is 1.05. The van der Waals surface area contributed by atoms with Gasteiger partial charge in [-0.2, -0.15) is 4.98 Å². The predicted molar refractivity (Wildman–Crippen MR) is 124 cm³/mol. The van der Waals surface area contributed by atoms with Crippen molar-refractivity contribution in [3.63, 3.8) is 0 Å². The van der Waals surface area contributed by atoms with E-state index in [1.165, 1.54) is 31.4 Å². The van der Waals surface area contributed by atoms with Gasteiger partial charge >= 0.3 is 0 Å². The van der Waals surface area contributed by atoms with Crippen LogP contribution in [0.2, 0.25) is 0 Å². The number of benzene rings is 2. The average molecular weight is 492 g/mol. The summed E-state index contributed by atoms with van der Waals surface area (Å²) >= 11 is 0. The van der Waals surface area contributed by atoms with Gasteiger partial charge in [0.2, 0.25) is 11.5 Å². The van der Waals surface area contributed by atoms with Crippen LogP contribution in [-0.4, -0.2) is 43.8 Å². The number of nitrogens with one attached hydrogen (secondary N) is 1. The van der Waals surface area contributed by atoms with Crippen molar-refractivity contribution in [2.24, 2.45) is 0 Å². The van der Waals surface area contributed by atoms with Crippen molar-refractivity contribution in [2.75, 3.05) is 25.0 Å². The number of para-hydroxylation sites is 1. The van der Waals surface area contributed by atoms with Crippen LogP contribution in [-0.2, 0) is 15.4 Å². The minimum Gasteiger partial charge on any atom is -0.493 e. The van der Waals surface area contributed by atoms with Crippen molar-refractivity contribution in [2.45, 2.75) is 31.1 Å². The van der Waals surface area contributed by atoms with Gasteiger partial charge in [-0.3, -0.25) is 4.72 Å². The largest absolute Gasteiger partial charge is 0.493 e. The monoisotopic (exact) mass is 491 g/mol. The highest BCUT2D eigenvalue weighted by molar-refractivity contribution is 7.92. The second-order valence-corrected chi connectivity index (χ2v) is 9.86. The Hall–Kier alpha value is -3.44. The fourth-order valence-corrected chi connectivity index (χ4v) is 3.95. The zero-order valence-electron chi connectivity index (χ0n) is 19.2. The fourth-order valence-electron chi connectivity index (χ4n) is 2.94. The number of rotatable bonds is 9. The molecule has 1 aromatic heterocycles. The smallest absolute Gasteiger partial charge is 0.263 e. The molecule has 0 aliphatic carbocycles. The second kappa shape index (κ2) is 10.2. The lowest BCUT2D eigenvalue weighted by atomic mass is 9.87. The molecule has 0 radical (unpaired) electrons. The Labute approximate surface area is 197 Å². The molecule has 2 aromatic carbocycles. The van der Waals surface area contributed by atoms with Gasteiger partial charge < -0.3 is 19.3 Å². The van der Waals surface area contributed by atoms with Gasteiger partial charge in [-0.15, -0.1) is 0 Å². The van der Waals surface area contributed by atoms with E-state index in [0.717, 1.165) is 18.0 Å². The number of sulfonamides is 1. The molecule has 11 heteroatoms. The predicted octanol–water partition coefficient (Wildman–Crippen LogP) is 3.89. The fraction of sp³-hybridized carbons (Fsp3) is 0.304. The number of hydrogen-bond donors (Lipinski definition) is 2. The van der Waals surface area contributed by atoms with E-state index in [-0.39, 0.29) is 52.5 Å². The summed E-state index contributed by atoms with van der Waals surface area (Å²) in [7, 11) is -2.77. The Morgan fingerprint density at radius 2 is 1.76 bits per heavy atom. The number of aliphatic hydroxyl groups is 1. The molecule has 9 nitrogen and oxygen atoms in total. The SMILES string of the molecule is COc1cccc(F)c1Oc1c(NS(=O)(=O)c2ccc(C(C)(C)C)cc2)ncnc1OCCO. The number of ether oxygens (including phenoxy) is 3. The molecule has 1 heterocycles. The molecular weight excluding hydrogens is 465 g/mol. The molecule has 0 unspecified atom stereocenters. The Balaban J connectivity index is 2.03. The third-order valence-corrected chi connectivity index (χ3v) is 6.07. The van der Waals surface area contributed by atoms with E-state index in [2.05, 4.69) is 14.7 Å². The van der Waals surface area contributed by atoms with Crippen molar-refractivity contribution in [1.29, 1.82) is 0 Å². The lowest BCUT2D eigenvalue weighted by molar-refractivity contribution is 0.192. The maximum atomic E-state index is 14.5. The van der Waals surface area contributed by atoms with Crippen LogP contribution in [0.5, 0.6) is 23.1 Å². The van der Waals surface area contributed by atoms with Crippen molar-refractivity contribution in [3.05, 3.63) is 60.2 Å². The molecule has 3 aromatic rings. The average Bonchev–Trinajstić information content (AvgIpc) is 2.79. The van der Waals surface area contributed by atoms with Gasteiger partial charge in [-0.1, -0.05) is 39.0 Å². The standard InChI is InChI=1S/C23H26FN3O6S/c1-23(2,3)15-8-10-16(11-9-15)34(29,30)27-21-20(22(26-14-25-21)32-13-12-28)33-19-17(24)6-5-7-18(19)31-4/h5-11,14,28H,12-13H2,1-4H3,(H,25,26,27). The molecule has 0 bridgehead atoms. The Morgan fingerprint density at radius 3 is 2.38 bits per heavy atom. The van der Waals surface area contributed by atoms with E-state index in [0.29, 0.717) is 0 Å². The number of aromatic nitrogens is 2. The Kier molecular flexibility index (Phi) is 7.57. The topological polar surface area (TPSA) is 120 Å². The molecule has 3 rings (SSSR count). The quantitative estimate of drug-likeness (QED) is 0.463. The first-order valence-corrected chi connectivity index (χ1v) is 11.8. The highest BCUT2D eigenvalue weighted by atomic mass is 32.2. The maximum absolute atomic E-state index is 14.5. The molecule has 0 amide bonds. The molecule has 34 heavy (non-hydrogen) atoms. The normalized spacial score (nSPS) is 11.7. The summed E-state index contributed by atoms with van der Waals surface area (Å²) < 4.78 is 59.2. The summed E-state index contributed by atoms with van der Waals surface area (Å²) in [6.45, 7) is 5.55. The van der Waals surface area contributed by atoms with Crippen molar-refractivity contribution in [1.82, 2.24) is 9.97 Å². The third-order valence-electron chi connectivity index (χ3n) is 4.72. The van der Waals surface area contributed by atoms with Crippen LogP contribution in [0.1, 0.15) is 26.3 Å². The first kappa shape index (κ1) is 25.2. The van der Waals surface area contributed by atoms with Gasteiger partial charge in [0.15, 0.2) is 17.4 Å². The molecule has 0 aliphatic rings. The molecular formula is C23H26FN3O6S. The minimum absolute atomic E-state index is 0.00800. The summed E-state index contributed by atoms with van der Waals surface area (Å²) in [5, 5.41) is 9.12. The van der Waals surface area contributed by atoms with Gasteiger partial charge in [-0.25, -0.2) is 17.8 Å². The van der Waals surface area contributed by atoms with E-state index < -0.39 is 15.8 Å². The van der Waals surface area contributed by atoms with Gasteiger partial charge in [-0.05, 0) is 35.2 Å². The summed E-state index contributed by atoms with van der Waals surface area (Å²) in [4.78, 5) is 7.89. The van der Waals surface area contributed by atoms with Crippen LogP contribution in [0.15, 0.2) is 53.7 Å². The lowest BCUT2D eigenvalue weighted by Crippen LogP contribution is -2.17. The zero-order valence-corrected chi connectivity index (χ0v) is 20.0. The minimum atomic E-state index is -4.10. The summed E-state index contributed by atoms with van der Waals surface area (Å²) in [5.74, 6) is -1.80. The van der Waals surface area contributed by atoms with Gasteiger partial charge in [0, 0.05) is 0 Å². The molecule has 0 saturated heterocycles. The Morgan fingerprint density at radius 1 is 1.06 bits per heavy atom. The van der Waals surface area contributed by atoms with E-state index in [1.54, 1.807) is 12.1 Å². The molecule has 0 saturated carbocycles. The van der Waals surface area contributed by atoms with E-state index >= 15 is 0 Å². The number of anilines is 1. The van der Waals surface area contributed by atoms with Crippen LogP contribution in [0.4, 0.5) is 10.2 Å². The number of hydrogen-bond acceptors (Lipinski definition) is 8. The highest BCUT2D eigenvalue weighted by Gasteiger charge is 2.25. The van der Waals surface area contributed by atoms with Gasteiger partial charge in [0.05, 0.1) is 18.6 Å². The van der Waals surface area contributed by atoms with Gasteiger partial charge in [0.1, 0.15) is 12.9 Å². The van der Waals surface area contributed by atoms with Gasteiger partial charge in [0.25, 0.3) is 15.9 Å². The molecule has 182 valence electrons. The molecule has 0 spiro atoms. The third kappa shape index (κ3) is 5.72. The second-order valence-electron chi connectivity index (χ2n) is 8.18. The molecule has 0 atom stereocenters. The highest BCUT2D eigenvalue weighted by Crippen LogP contribution is 2.41. The van der Waals surface area contributed by atoms with E-state index in [4.69, 9.17) is 19.3 Å². The van der Waals surface area contributed by atoms with Crippen LogP contribution in [0.25, 0.3) is 0 Å². The first-order chi connectivity index (χ1) is 16.1. The van der Waals surface area contributed by atoms with Crippen molar-refractivity contribution in [3.8, 4) is 23.1 Å². The first-order valence-electron chi connectivity index (χ1n) is 10.3. The molecule has 2 N–H and O–H groups in total. The Bertz CT molecular complexity index is 1240. The van der Waals surface area contributed by atoms with E-state index in [9.17, 15) is 12.8 Å². The molecule has 0 fully saturated rings. The van der Waals surface area contributed by atoms with E-state index in [1.807, 2.05) is 20.8 Å². The zero-order chi connectivity index (χ0) is 24.9. The molecule has 0 aliphatic heterocycles. The van der Waals surface area contributed by atoms with Crippen molar-refractivity contribution < 1.29 is 32.1 Å². The summed E-state index contributed by atoms with van der Waals surface area (Å²) in [6, 6.07) is 10.5. The number of nitrogens with zero attached hydrogens (tertiary/aromatic N) is 2. The van der Waals surface area contributed by atoms with Crippen LogP contribution in [0.3, 0.4) is 0 Å². The van der Waals surface area contributed by atoms with Crippen LogP contribution in [0, 0.1) is 5.82 Å². The number of halogens is 1. The number of methoxy groups -OCH3 is 1. The van der Waals surface area contributed by atoms with Crippen LogP contribution >= 0.6 is 0 Å². The number of aliphatic hydroxyl groups excluding tert-OH is 1. The maximum Gasteiger partial charge on any atom is 0.263 e. The van der Waals surface area contributed by atoms with Crippen LogP contribution < -0.4 is 18.9 Å².